The van der Waals surface area contributed by atoms with Crippen LogP contribution in [0.3, 0.4) is 0 Å². The van der Waals surface area contributed by atoms with Gasteiger partial charge in [0, 0.05) is 24.7 Å². The number of hydrogen-bond acceptors (Lipinski definition) is 3. The van der Waals surface area contributed by atoms with Gasteiger partial charge in [0.25, 0.3) is 0 Å². The van der Waals surface area contributed by atoms with E-state index in [2.05, 4.69) is 52.7 Å². The number of hydrogen-bond donors (Lipinski definition) is 1. The Kier molecular flexibility index (Phi) is 5.67. The number of rotatable bonds is 7. The second-order valence-electron chi connectivity index (χ2n) is 6.11. The highest BCUT2D eigenvalue weighted by atomic mass is 16.5. The standard InChI is InChI=1S/C20H26N2O/c1-23-20-12-6-5-11-18(20)15-21-16-19(22-13-7-8-14-22)17-9-3-2-4-10-17/h2-6,9-12,19,21H,7-8,13-16H2,1H3. The second kappa shape index (κ2) is 8.14. The van der Waals surface area contributed by atoms with Crippen LogP contribution in [0.15, 0.2) is 54.6 Å². The van der Waals surface area contributed by atoms with E-state index in [4.69, 9.17) is 4.74 Å². The van der Waals surface area contributed by atoms with Crippen molar-refractivity contribution in [3.05, 3.63) is 65.7 Å². The van der Waals surface area contributed by atoms with Crippen LogP contribution in [0.2, 0.25) is 0 Å². The van der Waals surface area contributed by atoms with E-state index < -0.39 is 0 Å². The Morgan fingerprint density at radius 2 is 1.70 bits per heavy atom. The number of nitrogens with zero attached hydrogens (tertiary/aromatic N) is 1. The number of nitrogens with one attached hydrogen (secondary N) is 1. The van der Waals surface area contributed by atoms with Crippen molar-refractivity contribution in [3.8, 4) is 5.75 Å². The van der Waals surface area contributed by atoms with Crippen LogP contribution in [0, 0.1) is 0 Å². The minimum Gasteiger partial charge on any atom is -0.496 e. The summed E-state index contributed by atoms with van der Waals surface area (Å²) in [5, 5.41) is 3.63. The molecule has 2 aromatic rings. The predicted octanol–water partition coefficient (Wildman–Crippen LogP) is 3.62. The third-order valence-corrected chi connectivity index (χ3v) is 4.61. The normalized spacial score (nSPS) is 16.4. The molecular formula is C20H26N2O. The fraction of sp³-hybridized carbons (Fsp3) is 0.400. The topological polar surface area (TPSA) is 24.5 Å². The molecule has 0 radical (unpaired) electrons. The summed E-state index contributed by atoms with van der Waals surface area (Å²) in [6.45, 7) is 4.20. The Morgan fingerprint density at radius 3 is 2.43 bits per heavy atom. The molecule has 1 aliphatic rings. The van der Waals surface area contributed by atoms with Crippen molar-refractivity contribution in [1.29, 1.82) is 0 Å². The van der Waals surface area contributed by atoms with Gasteiger partial charge in [-0.25, -0.2) is 0 Å². The summed E-state index contributed by atoms with van der Waals surface area (Å²) in [4.78, 5) is 2.60. The van der Waals surface area contributed by atoms with Crippen molar-refractivity contribution in [3.63, 3.8) is 0 Å². The Balaban J connectivity index is 1.65. The van der Waals surface area contributed by atoms with Gasteiger partial charge in [-0.2, -0.15) is 0 Å². The molecule has 1 aliphatic heterocycles. The van der Waals surface area contributed by atoms with Crippen LogP contribution in [-0.4, -0.2) is 31.6 Å². The van der Waals surface area contributed by atoms with Crippen LogP contribution < -0.4 is 10.1 Å². The Bertz CT molecular complexity index is 594. The summed E-state index contributed by atoms with van der Waals surface area (Å²) in [5.74, 6) is 0.956. The predicted molar refractivity (Wildman–Crippen MR) is 94.7 cm³/mol. The van der Waals surface area contributed by atoms with E-state index in [1.54, 1.807) is 7.11 Å². The number of likely N-dealkylation sites (tertiary alicyclic amines) is 1. The van der Waals surface area contributed by atoms with Crippen molar-refractivity contribution in [1.82, 2.24) is 10.2 Å². The largest absolute Gasteiger partial charge is 0.496 e. The monoisotopic (exact) mass is 310 g/mol. The van der Waals surface area contributed by atoms with Gasteiger partial charge in [0.15, 0.2) is 0 Å². The van der Waals surface area contributed by atoms with E-state index >= 15 is 0 Å². The summed E-state index contributed by atoms with van der Waals surface area (Å²) in [6.07, 6.45) is 2.63. The molecule has 1 heterocycles. The summed E-state index contributed by atoms with van der Waals surface area (Å²) < 4.78 is 5.44. The zero-order valence-corrected chi connectivity index (χ0v) is 13.9. The molecule has 122 valence electrons. The average Bonchev–Trinajstić information content (AvgIpc) is 3.14. The Labute approximate surface area is 139 Å². The minimum atomic E-state index is 0.452. The van der Waals surface area contributed by atoms with Crippen molar-refractivity contribution in [2.75, 3.05) is 26.7 Å². The zero-order valence-electron chi connectivity index (χ0n) is 13.9. The molecule has 1 atom stereocenters. The third-order valence-electron chi connectivity index (χ3n) is 4.61. The highest BCUT2D eigenvalue weighted by molar-refractivity contribution is 5.33. The van der Waals surface area contributed by atoms with Crippen LogP contribution in [0.5, 0.6) is 5.75 Å². The van der Waals surface area contributed by atoms with Gasteiger partial charge in [0.2, 0.25) is 0 Å². The fourth-order valence-corrected chi connectivity index (χ4v) is 3.38. The Hall–Kier alpha value is -1.84. The molecule has 1 unspecified atom stereocenters. The summed E-state index contributed by atoms with van der Waals surface area (Å²) in [7, 11) is 1.73. The van der Waals surface area contributed by atoms with Gasteiger partial charge >= 0.3 is 0 Å². The molecule has 1 N–H and O–H groups in total. The first-order valence-electron chi connectivity index (χ1n) is 8.50. The lowest BCUT2D eigenvalue weighted by molar-refractivity contribution is 0.238. The van der Waals surface area contributed by atoms with Gasteiger partial charge in [0.05, 0.1) is 7.11 Å². The van der Waals surface area contributed by atoms with Gasteiger partial charge in [-0.15, -0.1) is 0 Å². The van der Waals surface area contributed by atoms with E-state index in [0.717, 1.165) is 18.8 Å². The maximum atomic E-state index is 5.44. The number of methoxy groups -OCH3 is 1. The zero-order chi connectivity index (χ0) is 15.9. The molecule has 3 nitrogen and oxygen atoms in total. The average molecular weight is 310 g/mol. The lowest BCUT2D eigenvalue weighted by atomic mass is 10.1. The molecule has 1 saturated heterocycles. The third kappa shape index (κ3) is 4.12. The molecule has 0 saturated carbocycles. The Morgan fingerprint density at radius 1 is 1.00 bits per heavy atom. The molecule has 0 aromatic heterocycles. The van der Waals surface area contributed by atoms with E-state index in [1.165, 1.54) is 37.1 Å². The molecule has 0 amide bonds. The summed E-state index contributed by atoms with van der Waals surface area (Å²) >= 11 is 0. The van der Waals surface area contributed by atoms with E-state index in [1.807, 2.05) is 12.1 Å². The smallest absolute Gasteiger partial charge is 0.123 e. The van der Waals surface area contributed by atoms with Crippen LogP contribution in [0.25, 0.3) is 0 Å². The molecule has 0 bridgehead atoms. The molecule has 2 aromatic carbocycles. The number of ether oxygens (including phenoxy) is 1. The highest BCUT2D eigenvalue weighted by Gasteiger charge is 2.22. The summed E-state index contributed by atoms with van der Waals surface area (Å²) in [5.41, 5.74) is 2.62. The van der Waals surface area contributed by atoms with Crippen LogP contribution in [0.4, 0.5) is 0 Å². The van der Waals surface area contributed by atoms with Crippen molar-refractivity contribution < 1.29 is 4.74 Å². The van der Waals surface area contributed by atoms with Gasteiger partial charge < -0.3 is 10.1 Å². The number of benzene rings is 2. The maximum Gasteiger partial charge on any atom is 0.123 e. The van der Waals surface area contributed by atoms with Gasteiger partial charge in [-0.1, -0.05) is 48.5 Å². The van der Waals surface area contributed by atoms with E-state index in [0.29, 0.717) is 6.04 Å². The first kappa shape index (κ1) is 16.0. The molecule has 3 rings (SSSR count). The van der Waals surface area contributed by atoms with Crippen LogP contribution in [0.1, 0.15) is 30.0 Å². The maximum absolute atomic E-state index is 5.44. The van der Waals surface area contributed by atoms with Crippen molar-refractivity contribution in [2.24, 2.45) is 0 Å². The molecule has 1 fully saturated rings. The van der Waals surface area contributed by atoms with Gasteiger partial charge in [-0.05, 0) is 37.6 Å². The quantitative estimate of drug-likeness (QED) is 0.845. The molecule has 0 aliphatic carbocycles. The van der Waals surface area contributed by atoms with Gasteiger partial charge in [-0.3, -0.25) is 4.90 Å². The molecule has 23 heavy (non-hydrogen) atoms. The number of para-hydroxylation sites is 1. The molecular weight excluding hydrogens is 284 g/mol. The lowest BCUT2D eigenvalue weighted by Gasteiger charge is -2.28. The molecule has 0 spiro atoms. The van der Waals surface area contributed by atoms with Crippen LogP contribution >= 0.6 is 0 Å². The lowest BCUT2D eigenvalue weighted by Crippen LogP contribution is -2.34. The first-order chi connectivity index (χ1) is 11.4. The SMILES string of the molecule is COc1ccccc1CNCC(c1ccccc1)N1CCCC1. The highest BCUT2D eigenvalue weighted by Crippen LogP contribution is 2.25. The van der Waals surface area contributed by atoms with Crippen LogP contribution in [-0.2, 0) is 6.54 Å². The first-order valence-corrected chi connectivity index (χ1v) is 8.50. The molecule has 3 heteroatoms. The van der Waals surface area contributed by atoms with E-state index in [-0.39, 0.29) is 0 Å². The van der Waals surface area contributed by atoms with E-state index in [9.17, 15) is 0 Å². The summed E-state index contributed by atoms with van der Waals surface area (Å²) in [6, 6.07) is 19.5. The van der Waals surface area contributed by atoms with Crippen molar-refractivity contribution in [2.45, 2.75) is 25.4 Å². The van der Waals surface area contributed by atoms with Crippen molar-refractivity contribution >= 4 is 0 Å². The fourth-order valence-electron chi connectivity index (χ4n) is 3.38. The second-order valence-corrected chi connectivity index (χ2v) is 6.11. The van der Waals surface area contributed by atoms with Gasteiger partial charge in [0.1, 0.15) is 5.75 Å². The minimum absolute atomic E-state index is 0.452.